The van der Waals surface area contributed by atoms with Crippen LogP contribution in [0.2, 0.25) is 0 Å². The van der Waals surface area contributed by atoms with E-state index in [0.717, 1.165) is 6.07 Å². The predicted octanol–water partition coefficient (Wildman–Crippen LogP) is 6.78. The number of rotatable bonds is 8. The van der Waals surface area contributed by atoms with Crippen LogP contribution in [0.3, 0.4) is 0 Å². The Hall–Kier alpha value is -4.21. The fraction of sp³-hybridized carbons (Fsp3) is 0.412. The summed E-state index contributed by atoms with van der Waals surface area (Å²) in [6.45, 7) is 9.43. The van der Waals surface area contributed by atoms with Gasteiger partial charge in [-0.1, -0.05) is 50.2 Å². The van der Waals surface area contributed by atoms with Gasteiger partial charge in [0.25, 0.3) is 17.7 Å². The van der Waals surface area contributed by atoms with E-state index < -0.39 is 54.5 Å². The van der Waals surface area contributed by atoms with Crippen molar-refractivity contribution in [3.63, 3.8) is 0 Å². The first-order valence-corrected chi connectivity index (χ1v) is 15.1. The number of carbonyl (C=O) groups excluding carboxylic acids is 3. The Balaban J connectivity index is 0.00000216. The summed E-state index contributed by atoms with van der Waals surface area (Å²) in [5.41, 5.74) is 1.99. The number of aryl methyl sites for hydroxylation is 2. The van der Waals surface area contributed by atoms with Crippen molar-refractivity contribution >= 4 is 29.2 Å². The molecule has 0 unspecified atom stereocenters. The van der Waals surface area contributed by atoms with Crippen molar-refractivity contribution in [1.82, 2.24) is 9.88 Å². The summed E-state index contributed by atoms with van der Waals surface area (Å²) in [7, 11) is 0. The maximum absolute atomic E-state index is 14.7. The molecule has 0 radical (unpaired) electrons. The van der Waals surface area contributed by atoms with E-state index in [4.69, 9.17) is 0 Å². The van der Waals surface area contributed by atoms with E-state index in [1.807, 2.05) is 13.8 Å². The van der Waals surface area contributed by atoms with Gasteiger partial charge < -0.3 is 4.90 Å². The third-order valence-corrected chi connectivity index (χ3v) is 8.14. The first-order valence-electron chi connectivity index (χ1n) is 15.1. The Labute approximate surface area is 256 Å². The number of aromatic nitrogens is 1. The molecule has 1 aliphatic heterocycles. The molecule has 44 heavy (non-hydrogen) atoms. The molecule has 0 bridgehead atoms. The van der Waals surface area contributed by atoms with Crippen LogP contribution in [-0.4, -0.2) is 52.2 Å². The van der Waals surface area contributed by atoms with Crippen molar-refractivity contribution in [1.29, 1.82) is 0 Å². The van der Waals surface area contributed by atoms with E-state index in [2.05, 4.69) is 4.98 Å². The minimum atomic E-state index is -2.86. The number of hydrogen-bond acceptors (Lipinski definition) is 4. The molecule has 0 N–H and O–H groups in total. The molecule has 1 saturated carbocycles. The van der Waals surface area contributed by atoms with E-state index in [9.17, 15) is 27.6 Å². The summed E-state index contributed by atoms with van der Waals surface area (Å²) in [6.07, 6.45) is 0.855. The number of carbonyl (C=O) groups is 3. The first-order chi connectivity index (χ1) is 21.0. The molecule has 2 heterocycles. The zero-order valence-corrected chi connectivity index (χ0v) is 25.8. The van der Waals surface area contributed by atoms with Crippen LogP contribution in [0.25, 0.3) is 0 Å². The predicted molar refractivity (Wildman–Crippen MR) is 164 cm³/mol. The van der Waals surface area contributed by atoms with Crippen LogP contribution in [0.15, 0.2) is 66.9 Å². The quantitative estimate of drug-likeness (QED) is 0.283. The summed E-state index contributed by atoms with van der Waals surface area (Å²) >= 11 is 0. The van der Waals surface area contributed by atoms with Gasteiger partial charge in [-0.3, -0.25) is 24.2 Å². The third kappa shape index (κ3) is 6.49. The van der Waals surface area contributed by atoms with Gasteiger partial charge in [-0.25, -0.2) is 18.2 Å². The summed E-state index contributed by atoms with van der Waals surface area (Å²) < 4.78 is 42.5. The average Bonchev–Trinajstić information content (AvgIpc) is 3.37. The van der Waals surface area contributed by atoms with Gasteiger partial charge in [0.05, 0.1) is 0 Å². The molecular weight excluding hydrogens is 569 g/mol. The molecule has 234 valence electrons. The van der Waals surface area contributed by atoms with Crippen molar-refractivity contribution in [3.05, 3.63) is 89.4 Å². The lowest BCUT2D eigenvalue weighted by atomic mass is 9.85. The molecule has 2 aliphatic rings. The molecule has 2 aromatic carbocycles. The second-order valence-corrected chi connectivity index (χ2v) is 11.0. The zero-order valence-electron chi connectivity index (χ0n) is 25.8. The number of hydrogen-bond donors (Lipinski definition) is 0. The molecule has 1 saturated heterocycles. The number of likely N-dealkylation sites (N-methyl/N-ethyl adjacent to an activating group) is 1. The molecule has 2 fully saturated rings. The van der Waals surface area contributed by atoms with Crippen molar-refractivity contribution < 1.29 is 27.6 Å². The van der Waals surface area contributed by atoms with Crippen LogP contribution in [-0.2, 0) is 14.4 Å². The maximum Gasteiger partial charge on any atom is 0.252 e. The second kappa shape index (κ2) is 13.6. The van der Waals surface area contributed by atoms with Crippen molar-refractivity contribution in [2.75, 3.05) is 16.3 Å². The molecular formula is C34H39F3N4O3. The van der Waals surface area contributed by atoms with Gasteiger partial charge in [0.15, 0.2) is 0 Å². The van der Waals surface area contributed by atoms with Gasteiger partial charge in [-0.15, -0.1) is 0 Å². The highest BCUT2D eigenvalue weighted by Gasteiger charge is 2.51. The largest absolute Gasteiger partial charge is 0.337 e. The second-order valence-electron chi connectivity index (χ2n) is 11.0. The van der Waals surface area contributed by atoms with Crippen LogP contribution >= 0.6 is 0 Å². The van der Waals surface area contributed by atoms with Crippen LogP contribution in [0.5, 0.6) is 0 Å². The lowest BCUT2D eigenvalue weighted by molar-refractivity contribution is -0.154. The van der Waals surface area contributed by atoms with Gasteiger partial charge >= 0.3 is 0 Å². The molecule has 3 aromatic rings. The van der Waals surface area contributed by atoms with Gasteiger partial charge in [-0.2, -0.15) is 0 Å². The Morgan fingerprint density at radius 2 is 1.70 bits per heavy atom. The van der Waals surface area contributed by atoms with E-state index in [-0.39, 0.29) is 31.0 Å². The summed E-state index contributed by atoms with van der Waals surface area (Å²) in [5, 5.41) is 0. The Kier molecular flexibility index (Phi) is 10.1. The fourth-order valence-electron chi connectivity index (χ4n) is 5.98. The molecule has 3 amide bonds. The van der Waals surface area contributed by atoms with Crippen molar-refractivity contribution in [2.45, 2.75) is 84.4 Å². The SMILES string of the molecule is CC.CCN(C(=O)[C@H](c1ccccc1C)N(C(=O)[C@@H]1CCC(=O)N1c1ncccc1C)c1cccc(F)c1)C1CC(F)(F)C1. The highest BCUT2D eigenvalue weighted by Crippen LogP contribution is 2.43. The van der Waals surface area contributed by atoms with Crippen molar-refractivity contribution in [3.8, 4) is 0 Å². The lowest BCUT2D eigenvalue weighted by Crippen LogP contribution is -2.57. The lowest BCUT2D eigenvalue weighted by Gasteiger charge is -2.45. The van der Waals surface area contributed by atoms with Crippen LogP contribution in [0.1, 0.15) is 69.2 Å². The molecule has 7 nitrogen and oxygen atoms in total. The molecule has 1 aromatic heterocycles. The van der Waals surface area contributed by atoms with E-state index in [1.54, 1.807) is 57.2 Å². The van der Waals surface area contributed by atoms with Crippen molar-refractivity contribution in [2.24, 2.45) is 0 Å². The summed E-state index contributed by atoms with van der Waals surface area (Å²) in [4.78, 5) is 50.6. The van der Waals surface area contributed by atoms with Gasteiger partial charge in [0, 0.05) is 43.7 Å². The smallest absolute Gasteiger partial charge is 0.252 e. The zero-order chi connectivity index (χ0) is 32.2. The van der Waals surface area contributed by atoms with Gasteiger partial charge in [0.1, 0.15) is 23.7 Å². The van der Waals surface area contributed by atoms with Crippen LogP contribution in [0.4, 0.5) is 24.7 Å². The molecule has 5 rings (SSSR count). The molecule has 2 atom stereocenters. The highest BCUT2D eigenvalue weighted by molar-refractivity contribution is 6.11. The van der Waals surface area contributed by atoms with Gasteiger partial charge in [0.2, 0.25) is 5.91 Å². The van der Waals surface area contributed by atoms with E-state index >= 15 is 0 Å². The molecule has 0 spiro atoms. The highest BCUT2D eigenvalue weighted by atomic mass is 19.3. The first kappa shape index (κ1) is 32.7. The number of amides is 3. The molecule has 10 heteroatoms. The minimum absolute atomic E-state index is 0.0879. The number of alkyl halides is 2. The standard InChI is InChI=1S/C32H33F3N4O3.C2H6/c1-4-37(24-18-32(34,35)19-24)31(42)28(25-13-6-5-9-20(25)2)38(23-12-7-11-22(33)17-23)30(41)26-14-15-27(40)39(26)29-21(3)10-8-16-36-29;1-2/h5-13,16-17,24,26,28H,4,14-15,18-19H2,1-3H3;1-2H3/t26-,28-;/m0./s1. The topological polar surface area (TPSA) is 73.8 Å². The maximum atomic E-state index is 14.7. The normalized spacial score (nSPS) is 18.1. The van der Waals surface area contributed by atoms with Crippen LogP contribution in [0, 0.1) is 19.7 Å². The number of halogens is 3. The fourth-order valence-corrected chi connectivity index (χ4v) is 5.98. The Bertz CT molecular complexity index is 1510. The average molecular weight is 609 g/mol. The Morgan fingerprint density at radius 3 is 2.32 bits per heavy atom. The monoisotopic (exact) mass is 608 g/mol. The summed E-state index contributed by atoms with van der Waals surface area (Å²) in [6, 6.07) is 12.9. The van der Waals surface area contributed by atoms with Crippen LogP contribution < -0.4 is 9.80 Å². The number of nitrogens with zero attached hydrogens (tertiary/aromatic N) is 4. The Morgan fingerprint density at radius 1 is 1.02 bits per heavy atom. The molecule has 1 aliphatic carbocycles. The van der Waals surface area contributed by atoms with E-state index in [1.165, 1.54) is 39.1 Å². The minimum Gasteiger partial charge on any atom is -0.337 e. The number of anilines is 2. The van der Waals surface area contributed by atoms with Gasteiger partial charge in [-0.05, 0) is 68.1 Å². The third-order valence-electron chi connectivity index (χ3n) is 8.14. The van der Waals surface area contributed by atoms with E-state index in [0.29, 0.717) is 22.5 Å². The number of benzene rings is 2. The number of pyridine rings is 1. The summed E-state index contributed by atoms with van der Waals surface area (Å²) in [5.74, 6) is -4.57.